The fraction of sp³-hybridized carbons (Fsp3) is 0.133. The highest BCUT2D eigenvalue weighted by molar-refractivity contribution is 14.1. The Balaban J connectivity index is 2.52. The van der Waals surface area contributed by atoms with Crippen LogP contribution in [0.15, 0.2) is 42.5 Å². The smallest absolute Gasteiger partial charge is 0.197 e. The maximum atomic E-state index is 12.5. The van der Waals surface area contributed by atoms with Crippen molar-refractivity contribution >= 4 is 28.4 Å². The van der Waals surface area contributed by atoms with Gasteiger partial charge in [-0.05, 0) is 53.3 Å². The highest BCUT2D eigenvalue weighted by atomic mass is 127. The minimum absolute atomic E-state index is 0.00321. The van der Waals surface area contributed by atoms with Gasteiger partial charge in [-0.15, -0.1) is 0 Å². The van der Waals surface area contributed by atoms with Gasteiger partial charge in [0.15, 0.2) is 5.78 Å². The molecule has 2 aromatic carbocycles. The number of hydrogen-bond acceptors (Lipinski definition) is 2. The largest absolute Gasteiger partial charge is 0.496 e. The van der Waals surface area contributed by atoms with Gasteiger partial charge in [-0.2, -0.15) is 0 Å². The molecule has 0 spiro atoms. The van der Waals surface area contributed by atoms with Crippen LogP contribution in [0.4, 0.5) is 0 Å². The molecule has 18 heavy (non-hydrogen) atoms. The zero-order valence-corrected chi connectivity index (χ0v) is 12.4. The van der Waals surface area contributed by atoms with Crippen molar-refractivity contribution in [2.45, 2.75) is 6.92 Å². The summed E-state index contributed by atoms with van der Waals surface area (Å²) in [6.45, 7) is 1.94. The molecule has 0 saturated heterocycles. The molecule has 3 heteroatoms. The van der Waals surface area contributed by atoms with Crippen LogP contribution in [0, 0.1) is 10.5 Å². The van der Waals surface area contributed by atoms with Crippen molar-refractivity contribution in [2.75, 3.05) is 7.11 Å². The van der Waals surface area contributed by atoms with Crippen molar-refractivity contribution in [3.63, 3.8) is 0 Å². The Hall–Kier alpha value is -1.36. The molecule has 0 radical (unpaired) electrons. The summed E-state index contributed by atoms with van der Waals surface area (Å²) in [5, 5.41) is 0. The number of methoxy groups -OCH3 is 1. The fourth-order valence-electron chi connectivity index (χ4n) is 1.83. The molecule has 0 aliphatic rings. The molecule has 0 unspecified atom stereocenters. The van der Waals surface area contributed by atoms with E-state index in [-0.39, 0.29) is 5.78 Å². The van der Waals surface area contributed by atoms with E-state index in [9.17, 15) is 4.79 Å². The molecule has 0 aromatic heterocycles. The molecular formula is C15H13IO2. The number of benzene rings is 2. The molecule has 0 atom stereocenters. The average molecular weight is 352 g/mol. The molecule has 2 aromatic rings. The Morgan fingerprint density at radius 1 is 1.11 bits per heavy atom. The van der Waals surface area contributed by atoms with Gasteiger partial charge in [-0.3, -0.25) is 4.79 Å². The van der Waals surface area contributed by atoms with Gasteiger partial charge in [-0.1, -0.05) is 24.3 Å². The van der Waals surface area contributed by atoms with E-state index >= 15 is 0 Å². The third-order valence-electron chi connectivity index (χ3n) is 2.80. The van der Waals surface area contributed by atoms with Crippen molar-refractivity contribution < 1.29 is 9.53 Å². The Morgan fingerprint density at radius 3 is 2.50 bits per heavy atom. The van der Waals surface area contributed by atoms with E-state index in [4.69, 9.17) is 4.74 Å². The molecule has 0 N–H and O–H groups in total. The number of ether oxygens (including phenoxy) is 1. The van der Waals surface area contributed by atoms with Crippen molar-refractivity contribution in [1.29, 1.82) is 0 Å². The van der Waals surface area contributed by atoms with Gasteiger partial charge in [0.25, 0.3) is 0 Å². The zero-order valence-electron chi connectivity index (χ0n) is 10.2. The second-order valence-corrected chi connectivity index (χ2v) is 5.23. The average Bonchev–Trinajstić information content (AvgIpc) is 2.38. The lowest BCUT2D eigenvalue weighted by Crippen LogP contribution is -2.06. The van der Waals surface area contributed by atoms with Crippen LogP contribution in [0.25, 0.3) is 0 Å². The number of halogens is 1. The lowest BCUT2D eigenvalue weighted by atomic mass is 9.98. The molecule has 2 rings (SSSR count). The van der Waals surface area contributed by atoms with Gasteiger partial charge in [0.1, 0.15) is 5.75 Å². The summed E-state index contributed by atoms with van der Waals surface area (Å²) in [6.07, 6.45) is 0. The summed E-state index contributed by atoms with van der Waals surface area (Å²) in [5.74, 6) is 0.618. The highest BCUT2D eigenvalue weighted by Gasteiger charge is 2.16. The Morgan fingerprint density at radius 2 is 1.83 bits per heavy atom. The molecule has 0 fully saturated rings. The predicted molar refractivity (Wildman–Crippen MR) is 80.3 cm³/mol. The van der Waals surface area contributed by atoms with E-state index < -0.39 is 0 Å². The fourth-order valence-corrected chi connectivity index (χ4v) is 2.32. The van der Waals surface area contributed by atoms with Gasteiger partial charge in [0.2, 0.25) is 0 Å². The van der Waals surface area contributed by atoms with Crippen LogP contribution >= 0.6 is 22.6 Å². The molecule has 2 nitrogen and oxygen atoms in total. The minimum atomic E-state index is 0.00321. The lowest BCUT2D eigenvalue weighted by Gasteiger charge is -2.09. The van der Waals surface area contributed by atoms with E-state index in [0.717, 1.165) is 14.7 Å². The number of aryl methyl sites for hydroxylation is 1. The highest BCUT2D eigenvalue weighted by Crippen LogP contribution is 2.24. The third kappa shape index (κ3) is 2.56. The van der Waals surface area contributed by atoms with Crippen LogP contribution < -0.4 is 4.74 Å². The van der Waals surface area contributed by atoms with Gasteiger partial charge in [0, 0.05) is 9.13 Å². The Labute approximate surface area is 120 Å². The molecule has 0 bridgehead atoms. The standard InChI is InChI=1S/C15H13IO2/c1-10-5-3-4-6-12(10)15(17)13-9-11(16)7-8-14(13)18-2/h3-9H,1-2H3. The number of carbonyl (C=O) groups excluding carboxylic acids is 1. The second kappa shape index (κ2) is 5.52. The van der Waals surface area contributed by atoms with E-state index in [2.05, 4.69) is 22.6 Å². The first-order chi connectivity index (χ1) is 8.63. The lowest BCUT2D eigenvalue weighted by molar-refractivity contribution is 0.103. The van der Waals surface area contributed by atoms with Crippen molar-refractivity contribution in [1.82, 2.24) is 0 Å². The van der Waals surface area contributed by atoms with Crippen molar-refractivity contribution in [3.05, 3.63) is 62.7 Å². The van der Waals surface area contributed by atoms with Gasteiger partial charge < -0.3 is 4.74 Å². The summed E-state index contributed by atoms with van der Waals surface area (Å²) in [7, 11) is 1.58. The number of carbonyl (C=O) groups is 1. The van der Waals surface area contributed by atoms with Gasteiger partial charge in [0.05, 0.1) is 12.7 Å². The predicted octanol–water partition coefficient (Wildman–Crippen LogP) is 3.84. The summed E-state index contributed by atoms with van der Waals surface area (Å²) in [4.78, 5) is 12.5. The molecular weight excluding hydrogens is 339 g/mol. The Bertz CT molecular complexity index is 591. The maximum Gasteiger partial charge on any atom is 0.197 e. The monoisotopic (exact) mass is 352 g/mol. The number of ketones is 1. The summed E-state index contributed by atoms with van der Waals surface area (Å²) >= 11 is 2.19. The Kier molecular flexibility index (Phi) is 4.01. The molecule has 0 amide bonds. The molecule has 0 saturated carbocycles. The molecule has 0 heterocycles. The number of hydrogen-bond donors (Lipinski definition) is 0. The van der Waals surface area contributed by atoms with Crippen molar-refractivity contribution in [3.8, 4) is 5.75 Å². The van der Waals surface area contributed by atoms with Crippen LogP contribution in [0.1, 0.15) is 21.5 Å². The van der Waals surface area contributed by atoms with Crippen LogP contribution in [-0.4, -0.2) is 12.9 Å². The van der Waals surface area contributed by atoms with Crippen molar-refractivity contribution in [2.24, 2.45) is 0 Å². The zero-order chi connectivity index (χ0) is 13.1. The molecule has 92 valence electrons. The van der Waals surface area contributed by atoms with Gasteiger partial charge >= 0.3 is 0 Å². The first kappa shape index (κ1) is 13.1. The van der Waals surface area contributed by atoms with Crippen LogP contribution in [0.2, 0.25) is 0 Å². The van der Waals surface area contributed by atoms with E-state index in [1.54, 1.807) is 7.11 Å². The summed E-state index contributed by atoms with van der Waals surface area (Å²) in [6, 6.07) is 13.2. The molecule has 0 aliphatic heterocycles. The van der Waals surface area contributed by atoms with Crippen LogP contribution in [-0.2, 0) is 0 Å². The second-order valence-electron chi connectivity index (χ2n) is 3.99. The van der Waals surface area contributed by atoms with Gasteiger partial charge in [-0.25, -0.2) is 0 Å². The van der Waals surface area contributed by atoms with Crippen LogP contribution in [0.5, 0.6) is 5.75 Å². The van der Waals surface area contributed by atoms with E-state index in [0.29, 0.717) is 11.3 Å². The van der Waals surface area contributed by atoms with E-state index in [1.165, 1.54) is 0 Å². The third-order valence-corrected chi connectivity index (χ3v) is 3.47. The maximum absolute atomic E-state index is 12.5. The normalized spacial score (nSPS) is 10.2. The quantitative estimate of drug-likeness (QED) is 0.620. The minimum Gasteiger partial charge on any atom is -0.496 e. The van der Waals surface area contributed by atoms with E-state index in [1.807, 2.05) is 49.4 Å². The summed E-state index contributed by atoms with van der Waals surface area (Å²) in [5.41, 5.74) is 2.31. The molecule has 0 aliphatic carbocycles. The first-order valence-electron chi connectivity index (χ1n) is 5.57. The topological polar surface area (TPSA) is 26.3 Å². The summed E-state index contributed by atoms with van der Waals surface area (Å²) < 4.78 is 6.28. The SMILES string of the molecule is COc1ccc(I)cc1C(=O)c1ccccc1C. The van der Waals surface area contributed by atoms with Crippen LogP contribution in [0.3, 0.4) is 0 Å². The number of rotatable bonds is 3. The first-order valence-corrected chi connectivity index (χ1v) is 6.65.